The van der Waals surface area contributed by atoms with Crippen molar-refractivity contribution in [2.24, 2.45) is 0 Å². The molecule has 3 rings (SSSR count). The molecule has 1 aromatic carbocycles. The Morgan fingerprint density at radius 3 is 2.94 bits per heavy atom. The highest BCUT2D eigenvalue weighted by molar-refractivity contribution is 5.81. The molecule has 3 aromatic rings. The molecule has 0 fully saturated rings. The molecular weight excluding hydrogens is 212 g/mol. The van der Waals surface area contributed by atoms with Crippen LogP contribution in [0, 0.1) is 0 Å². The molecule has 0 bridgehead atoms. The van der Waals surface area contributed by atoms with Gasteiger partial charge in [-0.3, -0.25) is 0 Å². The van der Waals surface area contributed by atoms with Gasteiger partial charge in [-0.25, -0.2) is 4.98 Å². The predicted molar refractivity (Wildman–Crippen MR) is 67.5 cm³/mol. The summed E-state index contributed by atoms with van der Waals surface area (Å²) in [4.78, 5) is 7.42. The largest absolute Gasteiger partial charge is 0.392 e. The first-order valence-corrected chi connectivity index (χ1v) is 5.50. The number of H-pyrrole nitrogens is 1. The van der Waals surface area contributed by atoms with Crippen LogP contribution in [0.15, 0.2) is 48.8 Å². The predicted octanol–water partition coefficient (Wildman–Crippen LogP) is 2.72. The van der Waals surface area contributed by atoms with Gasteiger partial charge in [0.2, 0.25) is 0 Å². The summed E-state index contributed by atoms with van der Waals surface area (Å²) in [5.74, 6) is 0. The number of hydrogen-bond acceptors (Lipinski definition) is 2. The minimum atomic E-state index is 0.0632. The van der Waals surface area contributed by atoms with Crippen LogP contribution < -0.4 is 0 Å². The van der Waals surface area contributed by atoms with Crippen molar-refractivity contribution in [3.8, 4) is 11.1 Å². The number of aliphatic hydroxyl groups is 1. The van der Waals surface area contributed by atoms with Crippen LogP contribution in [0.25, 0.3) is 22.2 Å². The maximum atomic E-state index is 9.13. The monoisotopic (exact) mass is 224 g/mol. The molecule has 0 saturated carbocycles. The Kier molecular flexibility index (Phi) is 2.38. The smallest absolute Gasteiger partial charge is 0.137 e. The number of aromatic amines is 1. The summed E-state index contributed by atoms with van der Waals surface area (Å²) in [6, 6.07) is 12.0. The highest BCUT2D eigenvalue weighted by Gasteiger charge is 2.02. The van der Waals surface area contributed by atoms with Crippen LogP contribution in [0.2, 0.25) is 0 Å². The summed E-state index contributed by atoms with van der Waals surface area (Å²) in [6.07, 6.45) is 3.72. The summed E-state index contributed by atoms with van der Waals surface area (Å²) in [7, 11) is 0. The average molecular weight is 224 g/mol. The zero-order valence-corrected chi connectivity index (χ0v) is 9.22. The molecule has 84 valence electrons. The maximum absolute atomic E-state index is 9.13. The molecule has 3 nitrogen and oxygen atoms in total. The second-order valence-electron chi connectivity index (χ2n) is 4.00. The lowest BCUT2D eigenvalue weighted by atomic mass is 10.0. The molecule has 2 aromatic heterocycles. The van der Waals surface area contributed by atoms with E-state index >= 15 is 0 Å². The van der Waals surface area contributed by atoms with E-state index in [2.05, 4.69) is 16.0 Å². The Labute approximate surface area is 98.8 Å². The van der Waals surface area contributed by atoms with Crippen molar-refractivity contribution in [2.45, 2.75) is 6.61 Å². The van der Waals surface area contributed by atoms with E-state index in [1.165, 1.54) is 0 Å². The first kappa shape index (κ1) is 10.1. The molecule has 0 amide bonds. The molecule has 0 aliphatic heterocycles. The van der Waals surface area contributed by atoms with E-state index in [9.17, 15) is 0 Å². The van der Waals surface area contributed by atoms with Crippen LogP contribution in [0.4, 0.5) is 0 Å². The van der Waals surface area contributed by atoms with E-state index < -0.39 is 0 Å². The number of pyridine rings is 1. The van der Waals surface area contributed by atoms with E-state index in [1.54, 1.807) is 0 Å². The Balaban J connectivity index is 2.12. The number of benzene rings is 1. The van der Waals surface area contributed by atoms with Gasteiger partial charge in [0.25, 0.3) is 0 Å². The van der Waals surface area contributed by atoms with Crippen molar-refractivity contribution >= 4 is 11.0 Å². The number of rotatable bonds is 2. The average Bonchev–Trinajstić information content (AvgIpc) is 2.86. The zero-order valence-electron chi connectivity index (χ0n) is 9.22. The summed E-state index contributed by atoms with van der Waals surface area (Å²) < 4.78 is 0. The van der Waals surface area contributed by atoms with Crippen molar-refractivity contribution in [3.05, 3.63) is 54.4 Å². The summed E-state index contributed by atoms with van der Waals surface area (Å²) in [5, 5.41) is 10.2. The van der Waals surface area contributed by atoms with Gasteiger partial charge in [-0.1, -0.05) is 18.2 Å². The third-order valence-corrected chi connectivity index (χ3v) is 2.84. The first-order valence-electron chi connectivity index (χ1n) is 5.50. The molecular formula is C14H12N2O. The Hall–Kier alpha value is -2.13. The Morgan fingerprint density at radius 1 is 1.12 bits per heavy atom. The minimum Gasteiger partial charge on any atom is -0.392 e. The molecule has 0 spiro atoms. The molecule has 0 unspecified atom stereocenters. The van der Waals surface area contributed by atoms with E-state index in [0.29, 0.717) is 0 Å². The number of aromatic nitrogens is 2. The second-order valence-corrected chi connectivity index (χ2v) is 4.00. The molecule has 2 heterocycles. The summed E-state index contributed by atoms with van der Waals surface area (Å²) >= 11 is 0. The molecule has 0 atom stereocenters. The van der Waals surface area contributed by atoms with Gasteiger partial charge >= 0.3 is 0 Å². The van der Waals surface area contributed by atoms with Crippen LogP contribution >= 0.6 is 0 Å². The molecule has 2 N–H and O–H groups in total. The molecule has 0 aliphatic rings. The lowest BCUT2D eigenvalue weighted by Gasteiger charge is -2.03. The molecule has 0 radical (unpaired) electrons. The van der Waals surface area contributed by atoms with E-state index in [4.69, 9.17) is 5.11 Å². The fourth-order valence-electron chi connectivity index (χ4n) is 1.95. The summed E-state index contributed by atoms with van der Waals surface area (Å²) in [5.41, 5.74) is 3.95. The third-order valence-electron chi connectivity index (χ3n) is 2.84. The standard InChI is InChI=1S/C14H12N2O/c17-9-10-2-1-3-11(6-10)13-7-12-4-5-15-14(12)16-8-13/h1-8,17H,9H2,(H,15,16). The van der Waals surface area contributed by atoms with Gasteiger partial charge in [0.1, 0.15) is 5.65 Å². The van der Waals surface area contributed by atoms with Crippen LogP contribution in [-0.4, -0.2) is 15.1 Å². The van der Waals surface area contributed by atoms with Crippen molar-refractivity contribution in [3.63, 3.8) is 0 Å². The van der Waals surface area contributed by atoms with Gasteiger partial charge in [-0.2, -0.15) is 0 Å². The van der Waals surface area contributed by atoms with Gasteiger partial charge in [0.15, 0.2) is 0 Å². The molecule has 3 heteroatoms. The topological polar surface area (TPSA) is 48.9 Å². The van der Waals surface area contributed by atoms with Crippen LogP contribution in [0.3, 0.4) is 0 Å². The van der Waals surface area contributed by atoms with Crippen LogP contribution in [0.1, 0.15) is 5.56 Å². The number of fused-ring (bicyclic) bond motifs is 1. The molecule has 0 aliphatic carbocycles. The van der Waals surface area contributed by atoms with Crippen LogP contribution in [0.5, 0.6) is 0 Å². The second kappa shape index (κ2) is 4.03. The van der Waals surface area contributed by atoms with Gasteiger partial charge in [-0.15, -0.1) is 0 Å². The highest BCUT2D eigenvalue weighted by Crippen LogP contribution is 2.23. The lowest BCUT2D eigenvalue weighted by Crippen LogP contribution is -1.85. The van der Waals surface area contributed by atoms with Crippen LogP contribution in [-0.2, 0) is 6.61 Å². The van der Waals surface area contributed by atoms with E-state index in [1.807, 2.05) is 42.7 Å². The van der Waals surface area contributed by atoms with Gasteiger partial charge in [-0.05, 0) is 29.3 Å². The normalized spacial score (nSPS) is 10.9. The maximum Gasteiger partial charge on any atom is 0.137 e. The van der Waals surface area contributed by atoms with Crippen molar-refractivity contribution in [2.75, 3.05) is 0 Å². The third kappa shape index (κ3) is 1.81. The quantitative estimate of drug-likeness (QED) is 0.703. The van der Waals surface area contributed by atoms with Crippen molar-refractivity contribution < 1.29 is 5.11 Å². The number of aliphatic hydroxyl groups excluding tert-OH is 1. The lowest BCUT2D eigenvalue weighted by molar-refractivity contribution is 0.282. The fourth-order valence-corrected chi connectivity index (χ4v) is 1.95. The Morgan fingerprint density at radius 2 is 2.06 bits per heavy atom. The van der Waals surface area contributed by atoms with Crippen molar-refractivity contribution in [1.29, 1.82) is 0 Å². The van der Waals surface area contributed by atoms with E-state index in [-0.39, 0.29) is 6.61 Å². The van der Waals surface area contributed by atoms with E-state index in [0.717, 1.165) is 27.7 Å². The molecule has 17 heavy (non-hydrogen) atoms. The number of nitrogens with one attached hydrogen (secondary N) is 1. The van der Waals surface area contributed by atoms with Gasteiger partial charge < -0.3 is 10.1 Å². The number of nitrogens with zero attached hydrogens (tertiary/aromatic N) is 1. The van der Waals surface area contributed by atoms with Crippen molar-refractivity contribution in [1.82, 2.24) is 9.97 Å². The number of hydrogen-bond donors (Lipinski definition) is 2. The SMILES string of the molecule is OCc1cccc(-c2cnc3[nH]ccc3c2)c1. The molecule has 0 saturated heterocycles. The first-order chi connectivity index (χ1) is 8.36. The zero-order chi connectivity index (χ0) is 11.7. The Bertz CT molecular complexity index is 658. The summed E-state index contributed by atoms with van der Waals surface area (Å²) in [6.45, 7) is 0.0632. The highest BCUT2D eigenvalue weighted by atomic mass is 16.3. The van der Waals surface area contributed by atoms with Gasteiger partial charge in [0.05, 0.1) is 6.61 Å². The fraction of sp³-hybridized carbons (Fsp3) is 0.0714. The van der Waals surface area contributed by atoms with Gasteiger partial charge in [0, 0.05) is 23.3 Å². The minimum absolute atomic E-state index is 0.0632.